The lowest BCUT2D eigenvalue weighted by molar-refractivity contribution is 0.586. The van der Waals surface area contributed by atoms with Gasteiger partial charge in [0.2, 0.25) is 0 Å². The molecule has 0 amide bonds. The third-order valence-corrected chi connectivity index (χ3v) is 1.98. The maximum atomic E-state index is 4.18. The Kier molecular flexibility index (Phi) is 5.15. The van der Waals surface area contributed by atoms with Crippen LogP contribution in [0.3, 0.4) is 0 Å². The summed E-state index contributed by atoms with van der Waals surface area (Å²) in [6.45, 7) is 12.0. The molecule has 0 aliphatic rings. The van der Waals surface area contributed by atoms with Crippen molar-refractivity contribution >= 4 is 23.4 Å². The smallest absolute Gasteiger partial charge is 0.0954 e. The molecule has 0 atom stereocenters. The van der Waals surface area contributed by atoms with E-state index < -0.39 is 0 Å². The van der Waals surface area contributed by atoms with Crippen molar-refractivity contribution in [2.75, 3.05) is 0 Å². The highest BCUT2D eigenvalue weighted by atomic mass is 14.9. The van der Waals surface area contributed by atoms with Gasteiger partial charge < -0.3 is 0 Å². The summed E-state index contributed by atoms with van der Waals surface area (Å²) in [4.78, 5) is 16.7. The van der Waals surface area contributed by atoms with E-state index in [0.29, 0.717) is 0 Å². The highest BCUT2D eigenvalue weighted by molar-refractivity contribution is 5.58. The minimum absolute atomic E-state index is 0.156. The third-order valence-electron chi connectivity index (χ3n) is 1.98. The lowest BCUT2D eigenvalue weighted by atomic mass is 10.1. The molecule has 0 radical (unpaired) electrons. The second kappa shape index (κ2) is 6.42. The summed E-state index contributed by atoms with van der Waals surface area (Å²) in [5, 5.41) is 0. The van der Waals surface area contributed by atoms with Gasteiger partial charge in [-0.05, 0) is 65.8 Å². The lowest BCUT2D eigenvalue weighted by Gasteiger charge is -2.07. The van der Waals surface area contributed by atoms with Crippen LogP contribution in [0.5, 0.6) is 0 Å². The Morgan fingerprint density at radius 2 is 0.950 bits per heavy atom. The van der Waals surface area contributed by atoms with Crippen LogP contribution >= 0.6 is 0 Å². The molecular formula is C16H22N4. The summed E-state index contributed by atoms with van der Waals surface area (Å²) in [5.41, 5.74) is 1.28. The molecular weight excluding hydrogens is 248 g/mol. The molecule has 106 valence electrons. The van der Waals surface area contributed by atoms with Gasteiger partial charge >= 0.3 is 0 Å². The Balaban J connectivity index is 2.80. The molecule has 20 heavy (non-hydrogen) atoms. The Bertz CT molecular complexity index is 503. The Morgan fingerprint density at radius 3 is 1.20 bits per heavy atom. The molecule has 1 rings (SSSR count). The summed E-state index contributed by atoms with van der Waals surface area (Å²) < 4.78 is 0. The van der Waals surface area contributed by atoms with Crippen molar-refractivity contribution in [1.29, 1.82) is 0 Å². The van der Waals surface area contributed by atoms with Crippen molar-refractivity contribution in [2.45, 2.75) is 52.6 Å². The van der Waals surface area contributed by atoms with E-state index in [9.17, 15) is 0 Å². The second-order valence-corrected chi connectivity index (χ2v) is 6.51. The summed E-state index contributed by atoms with van der Waals surface area (Å²) in [5.74, 6) is 0. The average Bonchev–Trinajstić information content (AvgIpc) is 2.28. The van der Waals surface area contributed by atoms with Gasteiger partial charge in [0.05, 0.1) is 34.5 Å². The van der Waals surface area contributed by atoms with Gasteiger partial charge in [-0.3, -0.25) is 0 Å². The maximum absolute atomic E-state index is 4.18. The number of benzene rings is 1. The minimum atomic E-state index is -0.156. The Labute approximate surface area is 121 Å². The number of hydrogen-bond acceptors (Lipinski definition) is 4. The van der Waals surface area contributed by atoms with Gasteiger partial charge in [0.1, 0.15) is 0 Å². The fourth-order valence-electron chi connectivity index (χ4n) is 1.07. The van der Waals surface area contributed by atoms with E-state index in [1.165, 1.54) is 0 Å². The zero-order valence-corrected chi connectivity index (χ0v) is 13.1. The lowest BCUT2D eigenvalue weighted by Crippen LogP contribution is -2.07. The van der Waals surface area contributed by atoms with E-state index in [1.807, 2.05) is 65.8 Å². The van der Waals surface area contributed by atoms with Crippen molar-refractivity contribution in [2.24, 2.45) is 20.0 Å². The van der Waals surface area contributed by atoms with Gasteiger partial charge in [-0.25, -0.2) is 9.98 Å². The van der Waals surface area contributed by atoms with E-state index in [2.05, 4.69) is 32.0 Å². The molecule has 0 aliphatic heterocycles. The fourth-order valence-corrected chi connectivity index (χ4v) is 1.07. The first-order valence-corrected chi connectivity index (χ1v) is 6.61. The van der Waals surface area contributed by atoms with Crippen LogP contribution in [0, 0.1) is 0 Å². The van der Waals surface area contributed by atoms with Crippen LogP contribution in [-0.2, 0) is 0 Å². The minimum Gasteiger partial charge on any atom is -0.219 e. The summed E-state index contributed by atoms with van der Waals surface area (Å²) in [6.07, 6.45) is 0. The average molecular weight is 270 g/mol. The zero-order valence-electron chi connectivity index (χ0n) is 13.1. The number of nitrogens with zero attached hydrogens (tertiary/aromatic N) is 4. The van der Waals surface area contributed by atoms with E-state index in [-0.39, 0.29) is 11.1 Å². The predicted molar refractivity (Wildman–Crippen MR) is 85.0 cm³/mol. The summed E-state index contributed by atoms with van der Waals surface area (Å²) in [7, 11) is 0. The van der Waals surface area contributed by atoms with Crippen LogP contribution in [0.15, 0.2) is 44.2 Å². The number of aliphatic imine (C=N–C) groups is 4. The van der Waals surface area contributed by atoms with E-state index in [4.69, 9.17) is 0 Å². The molecule has 4 nitrogen and oxygen atoms in total. The van der Waals surface area contributed by atoms with Gasteiger partial charge in [0.15, 0.2) is 0 Å². The zero-order chi connectivity index (χ0) is 15.2. The second-order valence-electron chi connectivity index (χ2n) is 6.51. The van der Waals surface area contributed by atoms with E-state index in [0.717, 1.165) is 11.4 Å². The molecule has 0 N–H and O–H groups in total. The fraction of sp³-hybridized carbons (Fsp3) is 0.500. The molecule has 0 saturated heterocycles. The van der Waals surface area contributed by atoms with Crippen molar-refractivity contribution < 1.29 is 0 Å². The normalized spacial score (nSPS) is 11.1. The van der Waals surface area contributed by atoms with E-state index in [1.54, 1.807) is 0 Å². The molecule has 0 aromatic heterocycles. The van der Waals surface area contributed by atoms with Crippen LogP contribution in [-0.4, -0.2) is 23.1 Å². The summed E-state index contributed by atoms with van der Waals surface area (Å²) >= 11 is 0. The van der Waals surface area contributed by atoms with Gasteiger partial charge in [-0.2, -0.15) is 9.98 Å². The molecule has 0 heterocycles. The standard InChI is InChI=1S/C16H22N4/c1-15(2,3)19-11-17-13-7-9-14(10-8-13)18-12-20-16(4,5)6/h7-10H,1-6H3. The molecule has 1 aromatic carbocycles. The van der Waals surface area contributed by atoms with Crippen molar-refractivity contribution in [1.82, 2.24) is 0 Å². The molecule has 1 aromatic rings. The topological polar surface area (TPSA) is 49.4 Å². The first-order chi connectivity index (χ1) is 9.16. The molecule has 0 saturated carbocycles. The molecule has 4 heteroatoms. The molecule has 0 aliphatic carbocycles. The highest BCUT2D eigenvalue weighted by Crippen LogP contribution is 2.18. The van der Waals surface area contributed by atoms with Crippen molar-refractivity contribution in [3.8, 4) is 0 Å². The number of hydrogen-bond donors (Lipinski definition) is 0. The third kappa shape index (κ3) is 7.42. The molecule has 0 spiro atoms. The quantitative estimate of drug-likeness (QED) is 0.687. The summed E-state index contributed by atoms with van der Waals surface area (Å²) in [6, 6.07) is 12.9. The monoisotopic (exact) mass is 270 g/mol. The van der Waals surface area contributed by atoms with Crippen LogP contribution < -0.4 is 0 Å². The predicted octanol–water partition coefficient (Wildman–Crippen LogP) is 4.89. The van der Waals surface area contributed by atoms with Crippen LogP contribution in [0.2, 0.25) is 0 Å². The number of rotatable bonds is 2. The van der Waals surface area contributed by atoms with Crippen LogP contribution in [0.1, 0.15) is 41.5 Å². The Hall–Kier alpha value is -2.02. The van der Waals surface area contributed by atoms with Crippen LogP contribution in [0.25, 0.3) is 0 Å². The largest absolute Gasteiger partial charge is 0.219 e. The molecule has 0 fully saturated rings. The van der Waals surface area contributed by atoms with Gasteiger partial charge in [-0.1, -0.05) is 0 Å². The molecule has 0 unspecified atom stereocenters. The van der Waals surface area contributed by atoms with E-state index >= 15 is 0 Å². The highest BCUT2D eigenvalue weighted by Gasteiger charge is 2.04. The SMILES string of the molecule is CC(C)(C)N=C=Nc1ccc(N=C=NC(C)(C)C)cc1. The van der Waals surface area contributed by atoms with Gasteiger partial charge in [0, 0.05) is 0 Å². The van der Waals surface area contributed by atoms with Gasteiger partial charge in [-0.15, -0.1) is 0 Å². The van der Waals surface area contributed by atoms with Crippen LogP contribution in [0.4, 0.5) is 11.4 Å². The first-order valence-electron chi connectivity index (χ1n) is 6.61. The van der Waals surface area contributed by atoms with Crippen molar-refractivity contribution in [3.63, 3.8) is 0 Å². The Morgan fingerprint density at radius 1 is 0.650 bits per heavy atom. The van der Waals surface area contributed by atoms with Crippen molar-refractivity contribution in [3.05, 3.63) is 24.3 Å². The molecule has 0 bridgehead atoms. The maximum Gasteiger partial charge on any atom is 0.0954 e. The first kappa shape index (κ1) is 16.0. The van der Waals surface area contributed by atoms with Gasteiger partial charge in [0.25, 0.3) is 0 Å².